The summed E-state index contributed by atoms with van der Waals surface area (Å²) in [6, 6.07) is 9.82. The maximum atomic E-state index is 6.88. The number of rotatable bonds is 9. The van der Waals surface area contributed by atoms with Gasteiger partial charge in [-0.15, -0.1) is 0 Å². The summed E-state index contributed by atoms with van der Waals surface area (Å²) < 4.78 is 6.88. The standard InChI is InChI=1S/C21H33Cl2NOSi/c1-4-26(5-2,6-3)25-18(20-16(22)9-7-10-17(20)23)15-24-19-11-14-21(19)12-8-13-21/h7,9-10,18-19,24H,4-6,8,11-15H2,1-3H3. The molecule has 2 unspecified atom stereocenters. The molecule has 0 saturated heterocycles. The lowest BCUT2D eigenvalue weighted by molar-refractivity contribution is -0.0216. The van der Waals surface area contributed by atoms with Crippen molar-refractivity contribution in [1.82, 2.24) is 5.32 Å². The quantitative estimate of drug-likeness (QED) is 0.440. The molecule has 0 amide bonds. The highest BCUT2D eigenvalue weighted by Crippen LogP contribution is 2.56. The first kappa shape index (κ1) is 20.7. The Morgan fingerprint density at radius 2 is 1.73 bits per heavy atom. The van der Waals surface area contributed by atoms with Crippen molar-refractivity contribution >= 4 is 31.5 Å². The zero-order valence-electron chi connectivity index (χ0n) is 16.4. The van der Waals surface area contributed by atoms with Crippen molar-refractivity contribution < 1.29 is 4.43 Å². The molecule has 2 aliphatic carbocycles. The fraction of sp³-hybridized carbons (Fsp3) is 0.714. The summed E-state index contributed by atoms with van der Waals surface area (Å²) in [5.41, 5.74) is 1.56. The van der Waals surface area contributed by atoms with Gasteiger partial charge < -0.3 is 9.74 Å². The van der Waals surface area contributed by atoms with Crippen LogP contribution in [0.2, 0.25) is 28.2 Å². The summed E-state index contributed by atoms with van der Waals surface area (Å²) in [4.78, 5) is 0. The zero-order valence-corrected chi connectivity index (χ0v) is 18.9. The van der Waals surface area contributed by atoms with Crippen LogP contribution in [0.3, 0.4) is 0 Å². The van der Waals surface area contributed by atoms with Crippen LogP contribution in [-0.2, 0) is 4.43 Å². The van der Waals surface area contributed by atoms with Crippen LogP contribution in [0.25, 0.3) is 0 Å². The fourth-order valence-corrected chi connectivity index (χ4v) is 8.26. The Balaban J connectivity index is 1.79. The van der Waals surface area contributed by atoms with Gasteiger partial charge in [0.05, 0.1) is 6.10 Å². The highest BCUT2D eigenvalue weighted by molar-refractivity contribution is 6.73. The molecule has 1 spiro atoms. The predicted molar refractivity (Wildman–Crippen MR) is 115 cm³/mol. The SMILES string of the molecule is CC[Si](CC)(CC)OC(CNC1CCC12CCC2)c1c(Cl)cccc1Cl. The summed E-state index contributed by atoms with van der Waals surface area (Å²) in [5, 5.41) is 5.29. The normalized spacial score (nSPS) is 22.7. The predicted octanol–water partition coefficient (Wildman–Crippen LogP) is 6.98. The summed E-state index contributed by atoms with van der Waals surface area (Å²) in [5.74, 6) is 0. The molecule has 0 aliphatic heterocycles. The topological polar surface area (TPSA) is 21.3 Å². The van der Waals surface area contributed by atoms with E-state index >= 15 is 0 Å². The summed E-state index contributed by atoms with van der Waals surface area (Å²) in [6.45, 7) is 7.62. The molecule has 0 bridgehead atoms. The Hall–Kier alpha value is -0.0631. The van der Waals surface area contributed by atoms with Crippen molar-refractivity contribution in [3.63, 3.8) is 0 Å². The highest BCUT2D eigenvalue weighted by atomic mass is 35.5. The van der Waals surface area contributed by atoms with Crippen LogP contribution < -0.4 is 5.32 Å². The molecule has 2 fully saturated rings. The van der Waals surface area contributed by atoms with E-state index in [1.54, 1.807) is 0 Å². The van der Waals surface area contributed by atoms with E-state index in [2.05, 4.69) is 26.1 Å². The van der Waals surface area contributed by atoms with E-state index < -0.39 is 8.32 Å². The lowest BCUT2D eigenvalue weighted by Crippen LogP contribution is -2.57. The van der Waals surface area contributed by atoms with Crippen LogP contribution in [0.5, 0.6) is 0 Å². The molecule has 1 aromatic rings. The molecule has 1 N–H and O–H groups in total. The Kier molecular flexibility index (Phi) is 6.78. The first-order valence-corrected chi connectivity index (χ1v) is 13.6. The molecule has 1 aromatic carbocycles. The lowest BCUT2D eigenvalue weighted by atomic mass is 9.53. The minimum atomic E-state index is -1.76. The second-order valence-corrected chi connectivity index (χ2v) is 13.7. The maximum Gasteiger partial charge on any atom is 0.192 e. The van der Waals surface area contributed by atoms with Crippen molar-refractivity contribution in [2.24, 2.45) is 5.41 Å². The largest absolute Gasteiger partial charge is 0.409 e. The Labute approximate surface area is 170 Å². The van der Waals surface area contributed by atoms with Crippen molar-refractivity contribution in [2.45, 2.75) is 83.2 Å². The minimum absolute atomic E-state index is 0.0551. The van der Waals surface area contributed by atoms with E-state index in [0.29, 0.717) is 11.5 Å². The van der Waals surface area contributed by atoms with Crippen molar-refractivity contribution in [1.29, 1.82) is 0 Å². The van der Waals surface area contributed by atoms with E-state index in [-0.39, 0.29) is 6.10 Å². The second-order valence-electron chi connectivity index (χ2n) is 8.20. The molecule has 3 rings (SSSR count). The van der Waals surface area contributed by atoms with Gasteiger partial charge in [0.15, 0.2) is 8.32 Å². The van der Waals surface area contributed by atoms with E-state index in [0.717, 1.165) is 40.3 Å². The number of hydrogen-bond acceptors (Lipinski definition) is 2. The van der Waals surface area contributed by atoms with Crippen molar-refractivity contribution in [3.8, 4) is 0 Å². The second kappa shape index (κ2) is 8.53. The summed E-state index contributed by atoms with van der Waals surface area (Å²) >= 11 is 13.1. The molecule has 2 aliphatic rings. The van der Waals surface area contributed by atoms with Gasteiger partial charge in [-0.25, -0.2) is 0 Å². The van der Waals surface area contributed by atoms with Gasteiger partial charge in [-0.2, -0.15) is 0 Å². The molecule has 2 saturated carbocycles. The Morgan fingerprint density at radius 3 is 2.15 bits per heavy atom. The molecule has 26 heavy (non-hydrogen) atoms. The number of hydrogen-bond donors (Lipinski definition) is 1. The zero-order chi connectivity index (χ0) is 18.8. The monoisotopic (exact) mass is 413 g/mol. The van der Waals surface area contributed by atoms with E-state index in [1.807, 2.05) is 18.2 Å². The van der Waals surface area contributed by atoms with Crippen molar-refractivity contribution in [2.75, 3.05) is 6.54 Å². The fourth-order valence-electron chi connectivity index (χ4n) is 4.82. The van der Waals surface area contributed by atoms with Crippen molar-refractivity contribution in [3.05, 3.63) is 33.8 Å². The van der Waals surface area contributed by atoms with Gasteiger partial charge in [0.25, 0.3) is 0 Å². The molecular formula is C21H33Cl2NOSi. The molecule has 146 valence electrons. The van der Waals surface area contributed by atoms with Gasteiger partial charge in [0, 0.05) is 28.2 Å². The maximum absolute atomic E-state index is 6.88. The third-order valence-electron chi connectivity index (χ3n) is 7.22. The van der Waals surface area contributed by atoms with Gasteiger partial charge in [0.1, 0.15) is 0 Å². The minimum Gasteiger partial charge on any atom is -0.409 e. The third-order valence-corrected chi connectivity index (χ3v) is 12.5. The van der Waals surface area contributed by atoms with Gasteiger partial charge in [-0.3, -0.25) is 0 Å². The molecular weight excluding hydrogens is 381 g/mol. The molecule has 0 aromatic heterocycles. The Bertz CT molecular complexity index is 582. The van der Waals surface area contributed by atoms with Gasteiger partial charge in [0.2, 0.25) is 0 Å². The first-order chi connectivity index (χ1) is 12.5. The summed E-state index contributed by atoms with van der Waals surface area (Å²) in [7, 11) is -1.76. The average Bonchev–Trinajstić information content (AvgIpc) is 2.57. The number of nitrogens with one attached hydrogen (secondary N) is 1. The third kappa shape index (κ3) is 3.88. The molecule has 2 nitrogen and oxygen atoms in total. The van der Waals surface area contributed by atoms with Crippen LogP contribution in [0.1, 0.15) is 64.5 Å². The van der Waals surface area contributed by atoms with Gasteiger partial charge >= 0.3 is 0 Å². The first-order valence-electron chi connectivity index (χ1n) is 10.3. The molecule has 2 atom stereocenters. The number of benzene rings is 1. The molecule has 0 heterocycles. The summed E-state index contributed by atoms with van der Waals surface area (Å²) in [6.07, 6.45) is 6.80. The van der Waals surface area contributed by atoms with Crippen LogP contribution in [0, 0.1) is 5.41 Å². The van der Waals surface area contributed by atoms with E-state index in [4.69, 9.17) is 27.6 Å². The van der Waals surface area contributed by atoms with Gasteiger partial charge in [-0.05, 0) is 61.4 Å². The smallest absolute Gasteiger partial charge is 0.192 e. The molecule has 5 heteroatoms. The average molecular weight is 414 g/mol. The van der Waals surface area contributed by atoms with Gasteiger partial charge in [-0.1, -0.05) is 56.5 Å². The number of halogens is 2. The molecule has 0 radical (unpaired) electrons. The van der Waals surface area contributed by atoms with E-state index in [9.17, 15) is 0 Å². The van der Waals surface area contributed by atoms with Crippen LogP contribution >= 0.6 is 23.2 Å². The van der Waals surface area contributed by atoms with Crippen LogP contribution in [-0.4, -0.2) is 20.9 Å². The highest BCUT2D eigenvalue weighted by Gasteiger charge is 2.50. The van der Waals surface area contributed by atoms with Crippen LogP contribution in [0.4, 0.5) is 0 Å². The Morgan fingerprint density at radius 1 is 1.12 bits per heavy atom. The lowest BCUT2D eigenvalue weighted by Gasteiger charge is -2.56. The van der Waals surface area contributed by atoms with E-state index in [1.165, 1.54) is 32.1 Å². The van der Waals surface area contributed by atoms with Crippen LogP contribution in [0.15, 0.2) is 18.2 Å².